The Kier molecular flexibility index (Phi) is 6.46. The summed E-state index contributed by atoms with van der Waals surface area (Å²) in [6.45, 7) is 10.8. The van der Waals surface area contributed by atoms with Crippen molar-refractivity contribution >= 4 is 28.3 Å². The van der Waals surface area contributed by atoms with Crippen LogP contribution in [-0.2, 0) is 17.8 Å². The Bertz CT molecular complexity index is 862. The molecule has 1 aliphatic heterocycles. The topological polar surface area (TPSA) is 74.3 Å². The van der Waals surface area contributed by atoms with Crippen LogP contribution in [0.3, 0.4) is 0 Å². The lowest BCUT2D eigenvalue weighted by molar-refractivity contribution is -0.118. The Morgan fingerprint density at radius 3 is 2.71 bits per heavy atom. The first kappa shape index (κ1) is 20.5. The number of hydrogen-bond donors (Lipinski definition) is 2. The summed E-state index contributed by atoms with van der Waals surface area (Å²) in [7, 11) is 0. The number of anilines is 1. The smallest absolute Gasteiger partial charge is 0.252 e. The number of benzene rings is 1. The lowest BCUT2D eigenvalue weighted by Crippen LogP contribution is -2.47. The van der Waals surface area contributed by atoms with Gasteiger partial charge in [0.25, 0.3) is 5.91 Å². The van der Waals surface area contributed by atoms with Crippen molar-refractivity contribution in [2.24, 2.45) is 5.92 Å². The number of nitrogens with one attached hydrogen (secondary N) is 2. The van der Waals surface area contributed by atoms with E-state index in [2.05, 4.69) is 27.4 Å². The Morgan fingerprint density at radius 1 is 1.29 bits per heavy atom. The van der Waals surface area contributed by atoms with Crippen LogP contribution in [0.2, 0.25) is 0 Å². The van der Waals surface area contributed by atoms with Crippen LogP contribution in [0.5, 0.6) is 0 Å². The average molecular weight is 401 g/mol. The molecule has 1 atom stereocenters. The van der Waals surface area contributed by atoms with E-state index in [9.17, 15) is 9.59 Å². The molecule has 0 spiro atoms. The van der Waals surface area contributed by atoms with E-state index >= 15 is 0 Å². The number of aromatic nitrogens is 1. The molecule has 1 aliphatic rings. The molecule has 1 aromatic heterocycles. The molecule has 0 fully saturated rings. The van der Waals surface area contributed by atoms with Crippen LogP contribution < -0.4 is 10.6 Å². The predicted molar refractivity (Wildman–Crippen MR) is 113 cm³/mol. The number of thiazole rings is 1. The van der Waals surface area contributed by atoms with Crippen molar-refractivity contribution in [2.45, 2.75) is 46.7 Å². The van der Waals surface area contributed by atoms with E-state index in [4.69, 9.17) is 0 Å². The van der Waals surface area contributed by atoms with Crippen LogP contribution in [0.25, 0.3) is 0 Å². The first-order valence-electron chi connectivity index (χ1n) is 9.77. The zero-order valence-corrected chi connectivity index (χ0v) is 17.7. The Balaban J connectivity index is 1.70. The second-order valence-electron chi connectivity index (χ2n) is 7.51. The summed E-state index contributed by atoms with van der Waals surface area (Å²) < 4.78 is 0. The van der Waals surface area contributed by atoms with Crippen molar-refractivity contribution in [2.75, 3.05) is 18.4 Å². The number of hydrogen-bond acceptors (Lipinski definition) is 5. The van der Waals surface area contributed by atoms with E-state index in [0.29, 0.717) is 10.7 Å². The first-order chi connectivity index (χ1) is 13.4. The zero-order valence-electron chi connectivity index (χ0n) is 16.9. The van der Waals surface area contributed by atoms with Crippen molar-refractivity contribution < 1.29 is 9.59 Å². The number of aryl methyl sites for hydroxylation is 1. The average Bonchev–Trinajstić information content (AvgIpc) is 3.06. The fourth-order valence-electron chi connectivity index (χ4n) is 3.34. The fraction of sp³-hybridized carbons (Fsp3) is 0.476. The highest BCUT2D eigenvalue weighted by Gasteiger charge is 2.27. The standard InChI is InChI=1S/C21H28N4O2S/c1-5-25-11-10-16-17(12-25)28-21(22-16)24-20(27)18(13(2)3)23-19(26)15-9-7-6-8-14(15)4/h6-9,13,18H,5,10-12H2,1-4H3,(H,23,26)(H,22,24,27). The maximum atomic E-state index is 12.9. The summed E-state index contributed by atoms with van der Waals surface area (Å²) in [5.41, 5.74) is 2.55. The maximum Gasteiger partial charge on any atom is 0.252 e. The molecule has 28 heavy (non-hydrogen) atoms. The van der Waals surface area contributed by atoms with Crippen LogP contribution >= 0.6 is 11.3 Å². The molecular formula is C21H28N4O2S. The number of carbonyl (C=O) groups is 2. The van der Waals surface area contributed by atoms with E-state index in [1.807, 2.05) is 39.0 Å². The van der Waals surface area contributed by atoms with Crippen molar-refractivity contribution in [1.29, 1.82) is 0 Å². The molecule has 2 N–H and O–H groups in total. The summed E-state index contributed by atoms with van der Waals surface area (Å²) >= 11 is 1.53. The predicted octanol–water partition coefficient (Wildman–Crippen LogP) is 3.22. The van der Waals surface area contributed by atoms with Crippen molar-refractivity contribution in [3.05, 3.63) is 46.0 Å². The summed E-state index contributed by atoms with van der Waals surface area (Å²) in [5.74, 6) is -0.502. The number of amides is 2. The molecule has 0 saturated carbocycles. The van der Waals surface area contributed by atoms with Gasteiger partial charge in [-0.15, -0.1) is 11.3 Å². The first-order valence-corrected chi connectivity index (χ1v) is 10.6. The van der Waals surface area contributed by atoms with Gasteiger partial charge in [0.05, 0.1) is 5.69 Å². The number of fused-ring (bicyclic) bond motifs is 1. The van der Waals surface area contributed by atoms with E-state index in [1.54, 1.807) is 6.07 Å². The number of nitrogens with zero attached hydrogens (tertiary/aromatic N) is 2. The Hall–Kier alpha value is -2.25. The van der Waals surface area contributed by atoms with Gasteiger partial charge in [0.15, 0.2) is 5.13 Å². The van der Waals surface area contributed by atoms with Gasteiger partial charge in [0.1, 0.15) is 6.04 Å². The molecule has 1 unspecified atom stereocenters. The molecule has 0 radical (unpaired) electrons. The third-order valence-electron chi connectivity index (χ3n) is 5.11. The van der Waals surface area contributed by atoms with Gasteiger partial charge in [-0.25, -0.2) is 4.98 Å². The van der Waals surface area contributed by atoms with Gasteiger partial charge in [-0.1, -0.05) is 39.0 Å². The van der Waals surface area contributed by atoms with Crippen LogP contribution in [0, 0.1) is 12.8 Å². The number of likely N-dealkylation sites (N-methyl/N-ethyl adjacent to an activating group) is 1. The molecule has 2 amide bonds. The molecular weight excluding hydrogens is 372 g/mol. The van der Waals surface area contributed by atoms with Crippen molar-refractivity contribution in [3.8, 4) is 0 Å². The van der Waals surface area contributed by atoms with Crippen LogP contribution in [0.4, 0.5) is 5.13 Å². The molecule has 0 aliphatic carbocycles. The molecule has 2 heterocycles. The largest absolute Gasteiger partial charge is 0.340 e. The molecule has 6 nitrogen and oxygen atoms in total. The Labute approximate surface area is 170 Å². The lowest BCUT2D eigenvalue weighted by Gasteiger charge is -2.23. The highest BCUT2D eigenvalue weighted by molar-refractivity contribution is 7.15. The second-order valence-corrected chi connectivity index (χ2v) is 8.59. The minimum Gasteiger partial charge on any atom is -0.340 e. The van der Waals surface area contributed by atoms with E-state index in [0.717, 1.165) is 37.3 Å². The number of carbonyl (C=O) groups excluding carboxylic acids is 2. The van der Waals surface area contributed by atoms with E-state index in [-0.39, 0.29) is 17.7 Å². The molecule has 7 heteroatoms. The summed E-state index contributed by atoms with van der Waals surface area (Å²) in [5, 5.41) is 6.42. The van der Waals surface area contributed by atoms with Gasteiger partial charge in [0, 0.05) is 30.0 Å². The molecule has 0 bridgehead atoms. The second kappa shape index (κ2) is 8.84. The van der Waals surface area contributed by atoms with Crippen LogP contribution in [-0.4, -0.2) is 40.8 Å². The van der Waals surface area contributed by atoms with Crippen molar-refractivity contribution in [1.82, 2.24) is 15.2 Å². The third-order valence-corrected chi connectivity index (χ3v) is 6.11. The quantitative estimate of drug-likeness (QED) is 0.781. The van der Waals surface area contributed by atoms with Gasteiger partial charge in [0.2, 0.25) is 5.91 Å². The normalized spacial score (nSPS) is 15.2. The molecule has 0 saturated heterocycles. The van der Waals surface area contributed by atoms with Gasteiger partial charge < -0.3 is 10.6 Å². The number of rotatable bonds is 6. The highest BCUT2D eigenvalue weighted by atomic mass is 32.1. The molecule has 150 valence electrons. The Morgan fingerprint density at radius 2 is 2.04 bits per heavy atom. The zero-order chi connectivity index (χ0) is 20.3. The van der Waals surface area contributed by atoms with Gasteiger partial charge in [-0.2, -0.15) is 0 Å². The summed E-state index contributed by atoms with van der Waals surface area (Å²) in [4.78, 5) is 33.7. The monoisotopic (exact) mass is 400 g/mol. The molecule has 3 rings (SSSR count). The lowest BCUT2D eigenvalue weighted by atomic mass is 10.0. The van der Waals surface area contributed by atoms with Gasteiger partial charge >= 0.3 is 0 Å². The van der Waals surface area contributed by atoms with E-state index < -0.39 is 6.04 Å². The molecule has 2 aromatic rings. The fourth-order valence-corrected chi connectivity index (χ4v) is 4.39. The summed E-state index contributed by atoms with van der Waals surface area (Å²) in [6, 6.07) is 6.75. The van der Waals surface area contributed by atoms with Gasteiger partial charge in [-0.05, 0) is 31.0 Å². The third kappa shape index (κ3) is 4.59. The molecule has 1 aromatic carbocycles. The van der Waals surface area contributed by atoms with Gasteiger partial charge in [-0.3, -0.25) is 14.5 Å². The summed E-state index contributed by atoms with van der Waals surface area (Å²) in [6.07, 6.45) is 0.910. The minimum absolute atomic E-state index is 0.0434. The van der Waals surface area contributed by atoms with Crippen LogP contribution in [0.15, 0.2) is 24.3 Å². The highest BCUT2D eigenvalue weighted by Crippen LogP contribution is 2.28. The SMILES string of the molecule is CCN1CCc2nc(NC(=O)C(NC(=O)c3ccccc3C)C(C)C)sc2C1. The van der Waals surface area contributed by atoms with Crippen molar-refractivity contribution in [3.63, 3.8) is 0 Å². The maximum absolute atomic E-state index is 12.9. The van der Waals surface area contributed by atoms with Crippen LogP contribution in [0.1, 0.15) is 47.3 Å². The minimum atomic E-state index is -0.625. The van der Waals surface area contributed by atoms with E-state index in [1.165, 1.54) is 16.2 Å².